The number of imidazole rings is 1. The van der Waals surface area contributed by atoms with Crippen molar-refractivity contribution in [3.05, 3.63) is 77.4 Å². The fourth-order valence-corrected chi connectivity index (χ4v) is 7.54. The average molecular weight is 713 g/mol. The van der Waals surface area contributed by atoms with Gasteiger partial charge in [0.05, 0.1) is 23.9 Å². The summed E-state index contributed by atoms with van der Waals surface area (Å²) in [6.07, 6.45) is 8.57. The lowest BCUT2D eigenvalue weighted by atomic mass is 9.84. The van der Waals surface area contributed by atoms with E-state index in [4.69, 9.17) is 9.72 Å². The van der Waals surface area contributed by atoms with Gasteiger partial charge in [0.1, 0.15) is 11.4 Å². The molecule has 1 unspecified atom stereocenters. The van der Waals surface area contributed by atoms with Gasteiger partial charge in [-0.1, -0.05) is 24.3 Å². The van der Waals surface area contributed by atoms with Crippen molar-refractivity contribution in [1.29, 1.82) is 0 Å². The molecule has 7 rings (SSSR count). The third kappa shape index (κ3) is 7.43. The second kappa shape index (κ2) is 14.5. The van der Waals surface area contributed by atoms with Crippen molar-refractivity contribution in [1.82, 2.24) is 34.3 Å². The summed E-state index contributed by atoms with van der Waals surface area (Å²) in [4.78, 5) is 59.3. The quantitative estimate of drug-likeness (QED) is 0.245. The number of benzene rings is 1. The number of alkyl halides is 1. The molecule has 0 spiro atoms. The van der Waals surface area contributed by atoms with E-state index >= 15 is 4.39 Å². The Kier molecular flexibility index (Phi) is 9.84. The number of nitrogens with one attached hydrogen (secondary N) is 2. The average Bonchev–Trinajstić information content (AvgIpc) is 3.74. The van der Waals surface area contributed by atoms with Crippen LogP contribution in [-0.2, 0) is 27.1 Å². The zero-order valence-corrected chi connectivity index (χ0v) is 29.8. The third-order valence-corrected chi connectivity index (χ3v) is 10.5. The normalized spacial score (nSPS) is 20.8. The number of imide groups is 1. The van der Waals surface area contributed by atoms with E-state index in [1.54, 1.807) is 42.3 Å². The molecular formula is C38H45FN8O5. The van der Waals surface area contributed by atoms with Crippen LogP contribution in [0.4, 0.5) is 10.2 Å². The molecule has 0 aliphatic carbocycles. The molecule has 6 heterocycles. The molecule has 13 nitrogen and oxygen atoms in total. The molecular weight excluding hydrogens is 667 g/mol. The van der Waals surface area contributed by atoms with Crippen LogP contribution in [0.25, 0.3) is 5.65 Å². The summed E-state index contributed by atoms with van der Waals surface area (Å²) in [7, 11) is 1.79. The van der Waals surface area contributed by atoms with Gasteiger partial charge in [-0.25, -0.2) is 9.37 Å². The summed E-state index contributed by atoms with van der Waals surface area (Å²) in [5.74, 6) is -0.130. The number of rotatable bonds is 9. The van der Waals surface area contributed by atoms with Crippen molar-refractivity contribution in [2.75, 3.05) is 38.0 Å². The number of anilines is 1. The molecule has 1 atom stereocenters. The summed E-state index contributed by atoms with van der Waals surface area (Å²) < 4.78 is 25.0. The van der Waals surface area contributed by atoms with Gasteiger partial charge in [-0.3, -0.25) is 34.1 Å². The minimum absolute atomic E-state index is 0.0242. The summed E-state index contributed by atoms with van der Waals surface area (Å²) in [6, 6.07) is 10.6. The molecule has 14 heteroatoms. The molecule has 3 aromatic heterocycles. The standard InChI is InChI=1S/C38H45FN8O5/c1-24(2)52-31-20-33-40-30(22-47(33)21-29(31)36(50)41-32-13-15-44(3)43-32)27-9-16-45(17-10-27)23-35(49)46-18-11-26(12-19-46)25-4-6-28(7-5-25)38(39)14-8-34(48)42-37(38)51/h4-7,13,15,20-22,24,26-27H,8-12,14,16-19,23H2,1-3H3,(H,41,43,50)(H,42,48,51). The Hall–Kier alpha value is -5.11. The van der Waals surface area contributed by atoms with Crippen LogP contribution in [0.1, 0.15) is 91.4 Å². The number of halogens is 1. The van der Waals surface area contributed by atoms with Crippen molar-refractivity contribution >= 4 is 35.1 Å². The van der Waals surface area contributed by atoms with E-state index in [-0.39, 0.29) is 48.2 Å². The number of nitrogens with zero attached hydrogens (tertiary/aromatic N) is 6. The molecule has 52 heavy (non-hydrogen) atoms. The van der Waals surface area contributed by atoms with Crippen LogP contribution >= 0.6 is 0 Å². The summed E-state index contributed by atoms with van der Waals surface area (Å²) in [6.45, 7) is 7.10. The lowest BCUT2D eigenvalue weighted by Gasteiger charge is -2.36. The van der Waals surface area contributed by atoms with E-state index in [0.717, 1.165) is 50.0 Å². The fourth-order valence-electron chi connectivity index (χ4n) is 7.54. The number of carbonyl (C=O) groups is 4. The van der Waals surface area contributed by atoms with E-state index in [1.807, 2.05) is 47.5 Å². The minimum Gasteiger partial charge on any atom is -0.490 e. The first-order chi connectivity index (χ1) is 24.9. The van der Waals surface area contributed by atoms with Gasteiger partial charge < -0.3 is 19.4 Å². The number of piperidine rings is 3. The maximum atomic E-state index is 15.4. The van der Waals surface area contributed by atoms with E-state index in [1.165, 1.54) is 0 Å². The first kappa shape index (κ1) is 35.3. The van der Waals surface area contributed by atoms with Crippen LogP contribution in [-0.4, -0.2) is 91.4 Å². The molecule has 3 fully saturated rings. The maximum Gasteiger partial charge on any atom is 0.268 e. The molecule has 3 aliphatic rings. The zero-order valence-electron chi connectivity index (χ0n) is 29.8. The van der Waals surface area contributed by atoms with Gasteiger partial charge in [-0.15, -0.1) is 0 Å². The number of hydrogen-bond donors (Lipinski definition) is 2. The van der Waals surface area contributed by atoms with E-state index < -0.39 is 17.5 Å². The predicted octanol–water partition coefficient (Wildman–Crippen LogP) is 4.29. The van der Waals surface area contributed by atoms with Gasteiger partial charge in [-0.05, 0) is 69.7 Å². The van der Waals surface area contributed by atoms with E-state index in [9.17, 15) is 19.2 Å². The Bertz CT molecular complexity index is 1970. The summed E-state index contributed by atoms with van der Waals surface area (Å²) >= 11 is 0. The number of amides is 4. The number of likely N-dealkylation sites (tertiary alicyclic amines) is 2. The van der Waals surface area contributed by atoms with Crippen LogP contribution in [0, 0.1) is 0 Å². The Morgan fingerprint density at radius 1 is 1.02 bits per heavy atom. The molecule has 4 aromatic rings. The number of carbonyl (C=O) groups excluding carboxylic acids is 4. The van der Waals surface area contributed by atoms with Crippen LogP contribution in [0.2, 0.25) is 0 Å². The van der Waals surface area contributed by atoms with Crippen molar-refractivity contribution in [3.8, 4) is 5.75 Å². The van der Waals surface area contributed by atoms with Crippen LogP contribution in [0.15, 0.2) is 55.0 Å². The van der Waals surface area contributed by atoms with Crippen LogP contribution in [0.3, 0.4) is 0 Å². The minimum atomic E-state index is -2.19. The van der Waals surface area contributed by atoms with Crippen molar-refractivity contribution < 1.29 is 28.3 Å². The lowest BCUT2D eigenvalue weighted by molar-refractivity contribution is -0.144. The molecule has 0 bridgehead atoms. The predicted molar refractivity (Wildman–Crippen MR) is 191 cm³/mol. The maximum absolute atomic E-state index is 15.4. The smallest absolute Gasteiger partial charge is 0.268 e. The Balaban J connectivity index is 0.913. The number of aromatic nitrogens is 4. The Labute approximate surface area is 301 Å². The highest BCUT2D eigenvalue weighted by molar-refractivity contribution is 6.06. The van der Waals surface area contributed by atoms with Gasteiger partial charge >= 0.3 is 0 Å². The largest absolute Gasteiger partial charge is 0.490 e. The van der Waals surface area contributed by atoms with Crippen molar-refractivity contribution in [2.45, 2.75) is 76.0 Å². The molecule has 2 N–H and O–H groups in total. The first-order valence-corrected chi connectivity index (χ1v) is 18.1. The Morgan fingerprint density at radius 3 is 2.38 bits per heavy atom. The topological polar surface area (TPSA) is 143 Å². The van der Waals surface area contributed by atoms with Crippen LogP contribution < -0.4 is 15.4 Å². The molecule has 3 aliphatic heterocycles. The molecule has 1 aromatic carbocycles. The Morgan fingerprint density at radius 2 is 1.73 bits per heavy atom. The van der Waals surface area contributed by atoms with Gasteiger partial charge in [-0.2, -0.15) is 5.10 Å². The van der Waals surface area contributed by atoms with Crippen molar-refractivity contribution in [2.24, 2.45) is 7.05 Å². The summed E-state index contributed by atoms with van der Waals surface area (Å²) in [5.41, 5.74) is 1.19. The van der Waals surface area contributed by atoms with Crippen molar-refractivity contribution in [3.63, 3.8) is 0 Å². The molecule has 274 valence electrons. The number of hydrogen-bond acceptors (Lipinski definition) is 8. The highest BCUT2D eigenvalue weighted by Crippen LogP contribution is 2.36. The number of fused-ring (bicyclic) bond motifs is 1. The van der Waals surface area contributed by atoms with Gasteiger partial charge in [0, 0.05) is 69.6 Å². The van der Waals surface area contributed by atoms with Gasteiger partial charge in [0.2, 0.25) is 17.5 Å². The van der Waals surface area contributed by atoms with E-state index in [0.29, 0.717) is 42.4 Å². The second-order valence-electron chi connectivity index (χ2n) is 14.5. The number of ether oxygens (including phenoxy) is 1. The third-order valence-electron chi connectivity index (χ3n) is 10.5. The zero-order chi connectivity index (χ0) is 36.6. The summed E-state index contributed by atoms with van der Waals surface area (Å²) in [5, 5.41) is 9.20. The lowest BCUT2D eigenvalue weighted by Crippen LogP contribution is -2.49. The number of aryl methyl sites for hydroxylation is 1. The highest BCUT2D eigenvalue weighted by atomic mass is 19.1. The van der Waals surface area contributed by atoms with Gasteiger partial charge in [0.25, 0.3) is 11.8 Å². The van der Waals surface area contributed by atoms with Crippen LogP contribution in [0.5, 0.6) is 5.75 Å². The molecule has 4 amide bonds. The monoisotopic (exact) mass is 712 g/mol. The molecule has 0 saturated carbocycles. The SMILES string of the molecule is CC(C)Oc1cc2nc(C3CCN(CC(=O)N4CCC(c5ccc(C6(F)CCC(=O)NC6=O)cc5)CC4)CC3)cn2cc1C(=O)Nc1ccn(C)n1. The molecule has 3 saturated heterocycles. The first-order valence-electron chi connectivity index (χ1n) is 18.1. The number of pyridine rings is 1. The second-order valence-corrected chi connectivity index (χ2v) is 14.5. The highest BCUT2D eigenvalue weighted by Gasteiger charge is 2.44. The molecule has 0 radical (unpaired) electrons. The fraction of sp³-hybridized carbons (Fsp3) is 0.474. The van der Waals surface area contributed by atoms with Gasteiger partial charge in [0.15, 0.2) is 5.82 Å². The van der Waals surface area contributed by atoms with E-state index in [2.05, 4.69) is 20.6 Å².